The molecule has 0 aliphatic carbocycles. The zero-order valence-electron chi connectivity index (χ0n) is 16.6. The Labute approximate surface area is 173 Å². The van der Waals surface area contributed by atoms with Gasteiger partial charge in [0.2, 0.25) is 0 Å². The number of methoxy groups -OCH3 is 1. The van der Waals surface area contributed by atoms with E-state index in [2.05, 4.69) is 20.4 Å². The molecular weight excluding hydrogens is 384 g/mol. The summed E-state index contributed by atoms with van der Waals surface area (Å²) in [6.45, 7) is 4.14. The van der Waals surface area contributed by atoms with Gasteiger partial charge in [-0.25, -0.2) is 0 Å². The van der Waals surface area contributed by atoms with Crippen LogP contribution in [-0.2, 0) is 6.54 Å². The Morgan fingerprint density at radius 3 is 2.80 bits per heavy atom. The molecule has 3 aromatic rings. The van der Waals surface area contributed by atoms with Gasteiger partial charge in [-0.05, 0) is 30.3 Å². The van der Waals surface area contributed by atoms with Gasteiger partial charge in [-0.3, -0.25) is 4.90 Å². The van der Waals surface area contributed by atoms with E-state index in [1.165, 1.54) is 0 Å². The van der Waals surface area contributed by atoms with E-state index in [9.17, 15) is 10.2 Å². The third-order valence-corrected chi connectivity index (χ3v) is 5.54. The number of furan rings is 1. The number of ether oxygens (including phenoxy) is 1. The molecule has 2 aromatic carbocycles. The van der Waals surface area contributed by atoms with Gasteiger partial charge in [0.05, 0.1) is 29.4 Å². The predicted octanol–water partition coefficient (Wildman–Crippen LogP) is 3.85. The van der Waals surface area contributed by atoms with Gasteiger partial charge < -0.3 is 24.7 Å². The van der Waals surface area contributed by atoms with Gasteiger partial charge in [-0.2, -0.15) is 0 Å². The molecule has 3 heterocycles. The Balaban J connectivity index is 1.56. The number of hydrogen-bond donors (Lipinski definition) is 3. The second-order valence-corrected chi connectivity index (χ2v) is 7.39. The Kier molecular flexibility index (Phi) is 4.65. The van der Waals surface area contributed by atoms with Crippen LogP contribution in [0.5, 0.6) is 17.2 Å². The molecule has 5 rings (SSSR count). The minimum Gasteiger partial charge on any atom is -0.507 e. The molecule has 2 aliphatic heterocycles. The van der Waals surface area contributed by atoms with E-state index in [-0.39, 0.29) is 17.3 Å². The van der Waals surface area contributed by atoms with Crippen molar-refractivity contribution >= 4 is 28.4 Å². The van der Waals surface area contributed by atoms with Crippen molar-refractivity contribution in [3.8, 4) is 17.2 Å². The molecule has 2 aliphatic rings. The van der Waals surface area contributed by atoms with Gasteiger partial charge >= 0.3 is 0 Å². The number of benzene rings is 2. The Bertz CT molecular complexity index is 1180. The summed E-state index contributed by atoms with van der Waals surface area (Å²) in [6, 6.07) is 8.77. The monoisotopic (exact) mass is 406 g/mol. The average Bonchev–Trinajstić information content (AvgIpc) is 3.32. The van der Waals surface area contributed by atoms with Gasteiger partial charge in [-0.15, -0.1) is 10.2 Å². The second kappa shape index (κ2) is 7.47. The second-order valence-electron chi connectivity index (χ2n) is 7.39. The van der Waals surface area contributed by atoms with Crippen LogP contribution in [0.25, 0.3) is 22.7 Å². The third-order valence-electron chi connectivity index (χ3n) is 5.54. The molecule has 1 fully saturated rings. The van der Waals surface area contributed by atoms with Gasteiger partial charge in [-0.1, -0.05) is 0 Å². The molecule has 0 saturated carbocycles. The summed E-state index contributed by atoms with van der Waals surface area (Å²) in [5.41, 5.74) is 3.27. The lowest BCUT2D eigenvalue weighted by molar-refractivity contribution is 0.230. The Hall–Kier alpha value is -3.36. The number of rotatable bonds is 4. The molecule has 0 bridgehead atoms. The third kappa shape index (κ3) is 3.20. The highest BCUT2D eigenvalue weighted by molar-refractivity contribution is 5.95. The van der Waals surface area contributed by atoms with Crippen LogP contribution in [0.1, 0.15) is 16.9 Å². The summed E-state index contributed by atoms with van der Waals surface area (Å²) in [6.07, 6.45) is 1.66. The zero-order valence-corrected chi connectivity index (χ0v) is 16.6. The number of aromatic hydroxyl groups is 2. The lowest BCUT2D eigenvalue weighted by atomic mass is 10.1. The highest BCUT2D eigenvalue weighted by atomic mass is 16.5. The first kappa shape index (κ1) is 18.7. The minimum atomic E-state index is 0.0191. The Morgan fingerprint density at radius 1 is 1.17 bits per heavy atom. The summed E-state index contributed by atoms with van der Waals surface area (Å²) in [5.74, 6) is 1.15. The molecule has 30 heavy (non-hydrogen) atoms. The van der Waals surface area contributed by atoms with Crippen LogP contribution in [0.3, 0.4) is 0 Å². The number of phenolic OH excluding ortho intramolecular Hbond substituents is 1. The fourth-order valence-corrected chi connectivity index (χ4v) is 3.88. The SMILES string of the molecule is COc1ccc2c(c1)C(=Cc1oc3c(CN4CCNCC4)c(O)ccc3c1O)N=N2. The van der Waals surface area contributed by atoms with Crippen LogP contribution in [0, 0.1) is 0 Å². The van der Waals surface area contributed by atoms with Gasteiger partial charge in [0.1, 0.15) is 17.1 Å². The van der Waals surface area contributed by atoms with Gasteiger partial charge in [0.25, 0.3) is 0 Å². The van der Waals surface area contributed by atoms with Crippen molar-refractivity contribution in [1.29, 1.82) is 0 Å². The highest BCUT2D eigenvalue weighted by Gasteiger charge is 2.22. The van der Waals surface area contributed by atoms with Crippen molar-refractivity contribution in [2.45, 2.75) is 6.54 Å². The molecule has 0 unspecified atom stereocenters. The number of azo groups is 1. The maximum absolute atomic E-state index is 10.8. The van der Waals surface area contributed by atoms with E-state index in [4.69, 9.17) is 9.15 Å². The minimum absolute atomic E-state index is 0.0191. The first-order chi connectivity index (χ1) is 14.6. The fourth-order valence-electron chi connectivity index (χ4n) is 3.88. The van der Waals surface area contributed by atoms with Gasteiger partial charge in [0, 0.05) is 44.4 Å². The number of piperazine rings is 1. The Morgan fingerprint density at radius 2 is 2.00 bits per heavy atom. The zero-order chi connectivity index (χ0) is 20.7. The molecule has 0 amide bonds. The van der Waals surface area contributed by atoms with Crippen LogP contribution in [0.2, 0.25) is 0 Å². The van der Waals surface area contributed by atoms with Crippen molar-refractivity contribution in [3.63, 3.8) is 0 Å². The predicted molar refractivity (Wildman–Crippen MR) is 113 cm³/mol. The van der Waals surface area contributed by atoms with E-state index >= 15 is 0 Å². The van der Waals surface area contributed by atoms with E-state index in [0.29, 0.717) is 34.5 Å². The van der Waals surface area contributed by atoms with Gasteiger partial charge in [0.15, 0.2) is 11.5 Å². The van der Waals surface area contributed by atoms with Crippen molar-refractivity contribution in [3.05, 3.63) is 47.2 Å². The largest absolute Gasteiger partial charge is 0.507 e. The summed E-state index contributed by atoms with van der Waals surface area (Å²) < 4.78 is 11.3. The van der Waals surface area contributed by atoms with Crippen LogP contribution in [0.15, 0.2) is 45.0 Å². The van der Waals surface area contributed by atoms with Crippen LogP contribution in [-0.4, -0.2) is 48.4 Å². The van der Waals surface area contributed by atoms with E-state index < -0.39 is 0 Å². The molecule has 0 atom stereocenters. The lowest BCUT2D eigenvalue weighted by Gasteiger charge is -2.27. The average molecular weight is 406 g/mol. The van der Waals surface area contributed by atoms with Crippen LogP contribution < -0.4 is 10.1 Å². The molecule has 0 radical (unpaired) electrons. The highest BCUT2D eigenvalue weighted by Crippen LogP contribution is 2.42. The quantitative estimate of drug-likeness (QED) is 0.608. The summed E-state index contributed by atoms with van der Waals surface area (Å²) in [4.78, 5) is 2.25. The lowest BCUT2D eigenvalue weighted by Crippen LogP contribution is -2.42. The molecule has 154 valence electrons. The molecule has 1 aromatic heterocycles. The fraction of sp³-hybridized carbons (Fsp3) is 0.273. The molecule has 3 N–H and O–H groups in total. The molecule has 8 nitrogen and oxygen atoms in total. The van der Waals surface area contributed by atoms with Crippen molar-refractivity contribution in [2.24, 2.45) is 10.2 Å². The van der Waals surface area contributed by atoms with Crippen LogP contribution >= 0.6 is 0 Å². The van der Waals surface area contributed by atoms with E-state index in [1.54, 1.807) is 25.3 Å². The number of fused-ring (bicyclic) bond motifs is 2. The topological polar surface area (TPSA) is 103 Å². The standard InChI is InChI=1S/C22H22N4O4/c1-29-13-2-4-17-15(10-13)18(25-24-17)11-20-21(28)14-3-5-19(27)16(22(14)30-20)12-26-8-6-23-7-9-26/h2-5,10-11,23,27-28H,6-9,12H2,1H3. The maximum Gasteiger partial charge on any atom is 0.172 e. The molecule has 1 saturated heterocycles. The summed E-state index contributed by atoms with van der Waals surface area (Å²) in [5, 5.41) is 33.5. The number of nitrogens with zero attached hydrogens (tertiary/aromatic N) is 3. The van der Waals surface area contributed by atoms with E-state index in [0.717, 1.165) is 37.4 Å². The number of nitrogens with one attached hydrogen (secondary N) is 1. The summed E-state index contributed by atoms with van der Waals surface area (Å²) >= 11 is 0. The molecule has 0 spiro atoms. The first-order valence-corrected chi connectivity index (χ1v) is 9.85. The van der Waals surface area contributed by atoms with E-state index in [1.807, 2.05) is 18.2 Å². The normalized spacial score (nSPS) is 17.7. The van der Waals surface area contributed by atoms with Crippen molar-refractivity contribution in [2.75, 3.05) is 33.3 Å². The van der Waals surface area contributed by atoms with Crippen molar-refractivity contribution < 1.29 is 19.4 Å². The number of phenols is 1. The molecular formula is C22H22N4O4. The van der Waals surface area contributed by atoms with Crippen LogP contribution in [0.4, 0.5) is 5.69 Å². The van der Waals surface area contributed by atoms with Crippen molar-refractivity contribution in [1.82, 2.24) is 10.2 Å². The molecule has 8 heteroatoms. The smallest absolute Gasteiger partial charge is 0.172 e. The maximum atomic E-state index is 10.8. The first-order valence-electron chi connectivity index (χ1n) is 9.85. The number of hydrogen-bond acceptors (Lipinski definition) is 8. The summed E-state index contributed by atoms with van der Waals surface area (Å²) in [7, 11) is 1.60.